The number of nitrogens with one attached hydrogen (secondary N) is 1. The van der Waals surface area contributed by atoms with Crippen LogP contribution in [-0.4, -0.2) is 28.0 Å². The van der Waals surface area contributed by atoms with Crippen molar-refractivity contribution in [2.75, 3.05) is 6.61 Å². The molecule has 0 aliphatic rings. The van der Waals surface area contributed by atoms with E-state index in [1.165, 1.54) is 11.8 Å². The number of aromatic nitrogens is 3. The van der Waals surface area contributed by atoms with E-state index in [2.05, 4.69) is 15.4 Å². The summed E-state index contributed by atoms with van der Waals surface area (Å²) in [5, 5.41) is 11.4. The molecule has 1 aromatic heterocycles. The van der Waals surface area contributed by atoms with Crippen LogP contribution in [0.2, 0.25) is 10.0 Å². The molecule has 0 fully saturated rings. The molecule has 19 heavy (non-hydrogen) atoms. The van der Waals surface area contributed by atoms with Gasteiger partial charge in [0.15, 0.2) is 5.03 Å². The molecule has 8 heteroatoms. The van der Waals surface area contributed by atoms with Crippen LogP contribution in [0.1, 0.15) is 17.4 Å². The Labute approximate surface area is 123 Å². The Bertz CT molecular complexity index is 603. The third-order valence-corrected chi connectivity index (χ3v) is 3.80. The fraction of sp³-hybridized carbons (Fsp3) is 0.182. The van der Waals surface area contributed by atoms with Gasteiger partial charge in [0, 0.05) is 4.90 Å². The molecule has 0 aliphatic carbocycles. The second kappa shape index (κ2) is 6.27. The van der Waals surface area contributed by atoms with Gasteiger partial charge in [-0.25, -0.2) is 4.79 Å². The number of halogens is 2. The molecular weight excluding hydrogens is 309 g/mol. The van der Waals surface area contributed by atoms with E-state index in [1.54, 1.807) is 25.1 Å². The van der Waals surface area contributed by atoms with Gasteiger partial charge >= 0.3 is 5.97 Å². The van der Waals surface area contributed by atoms with Crippen molar-refractivity contribution in [2.24, 2.45) is 0 Å². The maximum atomic E-state index is 11.6. The summed E-state index contributed by atoms with van der Waals surface area (Å²) in [7, 11) is 0. The SMILES string of the molecule is CCOC(=O)c1n[nH]nc1Sc1ccc(Cl)c(Cl)c1. The van der Waals surface area contributed by atoms with Gasteiger partial charge in [0.1, 0.15) is 0 Å². The maximum absolute atomic E-state index is 11.6. The average molecular weight is 318 g/mol. The molecule has 2 aromatic rings. The Morgan fingerprint density at radius 3 is 2.84 bits per heavy atom. The number of aromatic amines is 1. The lowest BCUT2D eigenvalue weighted by Gasteiger charge is -2.02. The molecule has 1 N–H and O–H groups in total. The highest BCUT2D eigenvalue weighted by Crippen LogP contribution is 2.32. The molecule has 0 saturated carbocycles. The Hall–Kier alpha value is -1.24. The Kier molecular flexibility index (Phi) is 4.68. The minimum atomic E-state index is -0.515. The number of hydrogen-bond acceptors (Lipinski definition) is 5. The molecule has 0 saturated heterocycles. The molecule has 0 aliphatic heterocycles. The van der Waals surface area contributed by atoms with Gasteiger partial charge < -0.3 is 4.74 Å². The van der Waals surface area contributed by atoms with Crippen molar-refractivity contribution in [1.29, 1.82) is 0 Å². The lowest BCUT2D eigenvalue weighted by Crippen LogP contribution is -2.06. The van der Waals surface area contributed by atoms with Gasteiger partial charge in [-0.2, -0.15) is 5.21 Å². The number of H-pyrrole nitrogens is 1. The molecule has 5 nitrogen and oxygen atoms in total. The summed E-state index contributed by atoms with van der Waals surface area (Å²) in [6.07, 6.45) is 0. The number of carbonyl (C=O) groups excluding carboxylic acids is 1. The molecule has 2 rings (SSSR count). The summed E-state index contributed by atoms with van der Waals surface area (Å²) in [4.78, 5) is 12.4. The van der Waals surface area contributed by atoms with Crippen LogP contribution >= 0.6 is 35.0 Å². The van der Waals surface area contributed by atoms with E-state index in [-0.39, 0.29) is 12.3 Å². The normalized spacial score (nSPS) is 10.5. The summed E-state index contributed by atoms with van der Waals surface area (Å²) in [5.41, 5.74) is 0.151. The van der Waals surface area contributed by atoms with Crippen LogP contribution in [-0.2, 0) is 4.74 Å². The van der Waals surface area contributed by atoms with Crippen molar-refractivity contribution in [3.05, 3.63) is 33.9 Å². The fourth-order valence-electron chi connectivity index (χ4n) is 1.28. The van der Waals surface area contributed by atoms with Crippen LogP contribution in [0.15, 0.2) is 28.1 Å². The molecule has 1 heterocycles. The zero-order valence-electron chi connectivity index (χ0n) is 9.81. The van der Waals surface area contributed by atoms with Crippen molar-refractivity contribution in [3.63, 3.8) is 0 Å². The zero-order chi connectivity index (χ0) is 13.8. The van der Waals surface area contributed by atoms with E-state index in [4.69, 9.17) is 27.9 Å². The number of ether oxygens (including phenoxy) is 1. The van der Waals surface area contributed by atoms with E-state index >= 15 is 0 Å². The first-order valence-electron chi connectivity index (χ1n) is 5.32. The van der Waals surface area contributed by atoms with Gasteiger partial charge in [0.05, 0.1) is 16.7 Å². The van der Waals surface area contributed by atoms with Crippen LogP contribution in [0.4, 0.5) is 0 Å². The van der Waals surface area contributed by atoms with E-state index in [1.807, 2.05) is 0 Å². The predicted octanol–water partition coefficient (Wildman–Crippen LogP) is 3.44. The molecule has 0 radical (unpaired) electrons. The van der Waals surface area contributed by atoms with Gasteiger partial charge in [-0.15, -0.1) is 10.2 Å². The third kappa shape index (κ3) is 3.40. The number of rotatable bonds is 4. The van der Waals surface area contributed by atoms with Crippen molar-refractivity contribution in [1.82, 2.24) is 15.4 Å². The Morgan fingerprint density at radius 2 is 2.16 bits per heavy atom. The largest absolute Gasteiger partial charge is 0.461 e. The molecule has 0 bridgehead atoms. The quantitative estimate of drug-likeness (QED) is 0.875. The first-order valence-corrected chi connectivity index (χ1v) is 6.90. The lowest BCUT2D eigenvalue weighted by atomic mass is 10.4. The highest BCUT2D eigenvalue weighted by molar-refractivity contribution is 7.99. The van der Waals surface area contributed by atoms with Crippen LogP contribution < -0.4 is 0 Å². The predicted molar refractivity (Wildman–Crippen MR) is 72.9 cm³/mol. The molecule has 0 spiro atoms. The monoisotopic (exact) mass is 317 g/mol. The summed E-state index contributed by atoms with van der Waals surface area (Å²) >= 11 is 13.0. The Morgan fingerprint density at radius 1 is 1.37 bits per heavy atom. The van der Waals surface area contributed by atoms with Gasteiger partial charge in [-0.3, -0.25) is 0 Å². The highest BCUT2D eigenvalue weighted by atomic mass is 35.5. The summed E-state index contributed by atoms with van der Waals surface area (Å²) < 4.78 is 4.89. The van der Waals surface area contributed by atoms with Gasteiger partial charge in [-0.1, -0.05) is 35.0 Å². The number of carbonyl (C=O) groups is 1. The first kappa shape index (κ1) is 14.2. The molecule has 0 atom stereocenters. The second-order valence-electron chi connectivity index (χ2n) is 3.38. The molecule has 0 unspecified atom stereocenters. The third-order valence-electron chi connectivity index (χ3n) is 2.09. The van der Waals surface area contributed by atoms with Crippen molar-refractivity contribution in [2.45, 2.75) is 16.8 Å². The van der Waals surface area contributed by atoms with Gasteiger partial charge in [-0.05, 0) is 25.1 Å². The molecular formula is C11H9Cl2N3O2S. The van der Waals surface area contributed by atoms with Crippen LogP contribution in [0.3, 0.4) is 0 Å². The van der Waals surface area contributed by atoms with Crippen molar-refractivity contribution in [3.8, 4) is 0 Å². The lowest BCUT2D eigenvalue weighted by molar-refractivity contribution is 0.0515. The van der Waals surface area contributed by atoms with Crippen LogP contribution in [0.25, 0.3) is 0 Å². The minimum absolute atomic E-state index is 0.151. The first-order chi connectivity index (χ1) is 9.11. The van der Waals surface area contributed by atoms with E-state index in [0.717, 1.165) is 4.90 Å². The minimum Gasteiger partial charge on any atom is -0.461 e. The summed E-state index contributed by atoms with van der Waals surface area (Å²) in [5.74, 6) is -0.515. The van der Waals surface area contributed by atoms with E-state index in [0.29, 0.717) is 15.1 Å². The second-order valence-corrected chi connectivity index (χ2v) is 5.25. The molecule has 0 amide bonds. The van der Waals surface area contributed by atoms with Gasteiger partial charge in [0.25, 0.3) is 0 Å². The standard InChI is InChI=1S/C11H9Cl2N3O2S/c1-2-18-11(17)9-10(15-16-14-9)19-6-3-4-7(12)8(13)5-6/h3-5H,2H2,1H3,(H,14,15,16). The summed E-state index contributed by atoms with van der Waals surface area (Å²) in [6, 6.07) is 5.15. The smallest absolute Gasteiger partial charge is 0.361 e. The molecule has 1 aromatic carbocycles. The van der Waals surface area contributed by atoms with Crippen LogP contribution in [0, 0.1) is 0 Å². The number of esters is 1. The van der Waals surface area contributed by atoms with E-state index < -0.39 is 5.97 Å². The Balaban J connectivity index is 2.21. The van der Waals surface area contributed by atoms with Crippen molar-refractivity contribution >= 4 is 40.9 Å². The maximum Gasteiger partial charge on any atom is 0.361 e. The number of benzene rings is 1. The zero-order valence-corrected chi connectivity index (χ0v) is 12.1. The average Bonchev–Trinajstić information content (AvgIpc) is 2.82. The molecule has 100 valence electrons. The van der Waals surface area contributed by atoms with Crippen molar-refractivity contribution < 1.29 is 9.53 Å². The fourth-order valence-corrected chi connectivity index (χ4v) is 2.49. The van der Waals surface area contributed by atoms with Gasteiger partial charge in [0.2, 0.25) is 5.69 Å². The van der Waals surface area contributed by atoms with Crippen LogP contribution in [0.5, 0.6) is 0 Å². The number of nitrogens with zero attached hydrogens (tertiary/aromatic N) is 2. The topological polar surface area (TPSA) is 67.9 Å². The summed E-state index contributed by atoms with van der Waals surface area (Å²) in [6.45, 7) is 2.01. The highest BCUT2D eigenvalue weighted by Gasteiger charge is 2.18. The van der Waals surface area contributed by atoms with E-state index in [9.17, 15) is 4.79 Å². The number of hydrogen-bond donors (Lipinski definition) is 1.